The van der Waals surface area contributed by atoms with Crippen LogP contribution in [-0.4, -0.2) is 103 Å². The summed E-state index contributed by atoms with van der Waals surface area (Å²) in [5.41, 5.74) is -1.69. The predicted octanol–water partition coefficient (Wildman–Crippen LogP) is -2.41. The van der Waals surface area contributed by atoms with Gasteiger partial charge < -0.3 is 20.6 Å². The van der Waals surface area contributed by atoms with Crippen molar-refractivity contribution in [2.45, 2.75) is 51.4 Å². The van der Waals surface area contributed by atoms with Crippen molar-refractivity contribution in [1.29, 1.82) is 0 Å². The Kier molecular flexibility index (Phi) is 9.33. The van der Waals surface area contributed by atoms with Crippen LogP contribution in [0.25, 0.3) is 0 Å². The number of carbonyl (C=O) groups is 6. The number of imide groups is 1. The summed E-state index contributed by atoms with van der Waals surface area (Å²) < 4.78 is 0. The molecule has 16 heteroatoms. The van der Waals surface area contributed by atoms with Crippen molar-refractivity contribution in [3.8, 4) is 0 Å². The lowest BCUT2D eigenvalue weighted by atomic mass is 9.92. The fourth-order valence-corrected chi connectivity index (χ4v) is 3.43. The number of nitrogens with zero attached hydrogens (tertiary/aromatic N) is 5. The van der Waals surface area contributed by atoms with Gasteiger partial charge >= 0.3 is 12.0 Å². The van der Waals surface area contributed by atoms with Gasteiger partial charge in [0, 0.05) is 13.5 Å². The Balaban J connectivity index is 2.12. The van der Waals surface area contributed by atoms with Gasteiger partial charge in [0.05, 0.1) is 26.1 Å². The molecule has 5 N–H and O–H groups in total. The fraction of sp³-hybridized carbons (Fsp3) is 0.632. The molecule has 0 spiro atoms. The highest BCUT2D eigenvalue weighted by Gasteiger charge is 2.44. The summed E-state index contributed by atoms with van der Waals surface area (Å²) >= 11 is 0. The zero-order chi connectivity index (χ0) is 26.2. The van der Waals surface area contributed by atoms with Crippen LogP contribution < -0.4 is 16.0 Å². The largest absolute Gasteiger partial charge is 0.481 e. The number of aldehydes is 1. The zero-order valence-corrected chi connectivity index (χ0v) is 19.6. The Hall–Kier alpha value is -3.95. The number of carbonyl (C=O) groups excluding carboxylic acids is 5. The summed E-state index contributed by atoms with van der Waals surface area (Å²) in [6.45, 7) is 2.73. The second kappa shape index (κ2) is 12.0. The highest BCUT2D eigenvalue weighted by Crippen LogP contribution is 2.18. The van der Waals surface area contributed by atoms with Crippen LogP contribution in [0.4, 0.5) is 4.79 Å². The number of carboxylic acids is 1. The van der Waals surface area contributed by atoms with E-state index in [1.165, 1.54) is 11.9 Å². The maximum absolute atomic E-state index is 13.0. The summed E-state index contributed by atoms with van der Waals surface area (Å²) in [6.07, 6.45) is 0.0519. The molecule has 2 rings (SSSR count). The van der Waals surface area contributed by atoms with Gasteiger partial charge in [0.25, 0.3) is 0 Å². The quantitative estimate of drug-likeness (QED) is 0.143. The first-order valence-corrected chi connectivity index (χ1v) is 10.9. The van der Waals surface area contributed by atoms with Gasteiger partial charge in [0.1, 0.15) is 6.04 Å². The predicted molar refractivity (Wildman–Crippen MR) is 116 cm³/mol. The van der Waals surface area contributed by atoms with Crippen molar-refractivity contribution in [2.24, 2.45) is 5.92 Å². The summed E-state index contributed by atoms with van der Waals surface area (Å²) in [7, 11) is 1.43. The summed E-state index contributed by atoms with van der Waals surface area (Å²) in [5, 5.41) is 29.5. The van der Waals surface area contributed by atoms with Gasteiger partial charge in [-0.3, -0.25) is 29.3 Å². The molecule has 1 saturated heterocycles. The molecule has 1 aromatic rings. The van der Waals surface area contributed by atoms with E-state index in [-0.39, 0.29) is 25.3 Å². The number of tetrazole rings is 1. The van der Waals surface area contributed by atoms with Gasteiger partial charge in [-0.15, -0.1) is 10.2 Å². The molecule has 0 aliphatic carbocycles. The van der Waals surface area contributed by atoms with Gasteiger partial charge in [0.15, 0.2) is 17.8 Å². The Morgan fingerprint density at radius 1 is 1.31 bits per heavy atom. The third kappa shape index (κ3) is 6.78. The first-order valence-electron chi connectivity index (χ1n) is 10.9. The van der Waals surface area contributed by atoms with E-state index in [4.69, 9.17) is 5.11 Å². The third-order valence-corrected chi connectivity index (χ3v) is 5.69. The average molecular weight is 495 g/mol. The molecule has 0 saturated carbocycles. The van der Waals surface area contributed by atoms with Crippen LogP contribution in [0.1, 0.15) is 38.9 Å². The second-order valence-electron chi connectivity index (χ2n) is 8.08. The van der Waals surface area contributed by atoms with Crippen LogP contribution in [0.2, 0.25) is 0 Å². The van der Waals surface area contributed by atoms with E-state index < -0.39 is 60.3 Å². The molecule has 0 radical (unpaired) electrons. The van der Waals surface area contributed by atoms with Gasteiger partial charge in [-0.1, -0.05) is 19.1 Å². The summed E-state index contributed by atoms with van der Waals surface area (Å²) in [4.78, 5) is 75.3. The molecule has 1 aliphatic heterocycles. The standard InChI is InChI=1S/C19H29N9O7/c1-4-11(2)19(10-29,22-14(30)5-6-16(32)33)21-8-15(31)28-12(9-27(3)18(28)35)17(34)20-7-13-23-25-26-24-13/h10-12,21H,4-9H2,1-3H3,(H,20,34)(H,22,30)(H,32,33)(H,23,24,25,26)/t11-,12-,19+/m0/s1. The van der Waals surface area contributed by atoms with Crippen molar-refractivity contribution in [3.05, 3.63) is 5.82 Å². The number of urea groups is 1. The summed E-state index contributed by atoms with van der Waals surface area (Å²) in [6, 6.07) is -1.85. The van der Waals surface area contributed by atoms with Crippen LogP contribution in [-0.2, 0) is 30.5 Å². The van der Waals surface area contributed by atoms with Gasteiger partial charge in [-0.05, 0) is 12.3 Å². The Labute approximate surface area is 200 Å². The molecule has 1 fully saturated rings. The van der Waals surface area contributed by atoms with E-state index in [2.05, 4.69) is 36.6 Å². The number of aromatic nitrogens is 4. The van der Waals surface area contributed by atoms with Crippen LogP contribution in [0, 0.1) is 5.92 Å². The topological polar surface area (TPSA) is 220 Å². The molecular formula is C19H29N9O7. The van der Waals surface area contributed by atoms with Crippen LogP contribution in [0.3, 0.4) is 0 Å². The van der Waals surface area contributed by atoms with E-state index in [0.29, 0.717) is 12.7 Å². The fourth-order valence-electron chi connectivity index (χ4n) is 3.43. The number of carboxylic acid groups (broad SMARTS) is 1. The molecule has 0 unspecified atom stereocenters. The highest BCUT2D eigenvalue weighted by molar-refractivity contribution is 6.03. The van der Waals surface area contributed by atoms with Crippen molar-refractivity contribution < 1.29 is 33.9 Å². The van der Waals surface area contributed by atoms with E-state index in [0.717, 1.165) is 4.90 Å². The molecule has 1 aromatic heterocycles. The number of hydrogen-bond acceptors (Lipinski definition) is 10. The average Bonchev–Trinajstić information content (AvgIpc) is 3.46. The number of aliphatic carboxylic acids is 1. The number of hydrogen-bond donors (Lipinski definition) is 5. The molecule has 192 valence electrons. The molecule has 16 nitrogen and oxygen atoms in total. The maximum Gasteiger partial charge on any atom is 0.327 e. The number of likely N-dealkylation sites (N-methyl/N-ethyl adjacent to an activating group) is 1. The lowest BCUT2D eigenvalue weighted by molar-refractivity contribution is -0.139. The monoisotopic (exact) mass is 495 g/mol. The molecule has 5 amide bonds. The lowest BCUT2D eigenvalue weighted by Crippen LogP contribution is -2.66. The summed E-state index contributed by atoms with van der Waals surface area (Å²) in [5.74, 6) is -3.58. The molecule has 3 atom stereocenters. The van der Waals surface area contributed by atoms with Gasteiger partial charge in [-0.25, -0.2) is 9.69 Å². The molecular weight excluding hydrogens is 466 g/mol. The number of amides is 5. The van der Waals surface area contributed by atoms with Crippen LogP contribution in [0.5, 0.6) is 0 Å². The minimum absolute atomic E-state index is 0.0568. The zero-order valence-electron chi connectivity index (χ0n) is 19.6. The van der Waals surface area contributed by atoms with E-state index in [9.17, 15) is 28.8 Å². The van der Waals surface area contributed by atoms with Crippen LogP contribution >= 0.6 is 0 Å². The normalized spacial score (nSPS) is 18.0. The van der Waals surface area contributed by atoms with E-state index >= 15 is 0 Å². The minimum atomic E-state index is -1.69. The number of nitrogens with one attached hydrogen (secondary N) is 4. The van der Waals surface area contributed by atoms with Crippen LogP contribution in [0.15, 0.2) is 0 Å². The number of H-pyrrole nitrogens is 1. The minimum Gasteiger partial charge on any atom is -0.481 e. The molecule has 0 aromatic carbocycles. The van der Waals surface area contributed by atoms with Crippen molar-refractivity contribution in [1.82, 2.24) is 46.4 Å². The highest BCUT2D eigenvalue weighted by atomic mass is 16.4. The van der Waals surface area contributed by atoms with E-state index in [1.54, 1.807) is 13.8 Å². The number of aromatic amines is 1. The molecule has 1 aliphatic rings. The Morgan fingerprint density at radius 2 is 2.03 bits per heavy atom. The molecule has 0 bridgehead atoms. The Bertz CT molecular complexity index is 954. The lowest BCUT2D eigenvalue weighted by Gasteiger charge is -2.36. The van der Waals surface area contributed by atoms with Crippen molar-refractivity contribution in [2.75, 3.05) is 20.1 Å². The molecule has 2 heterocycles. The Morgan fingerprint density at radius 3 is 2.60 bits per heavy atom. The third-order valence-electron chi connectivity index (χ3n) is 5.69. The smallest absolute Gasteiger partial charge is 0.327 e. The first-order chi connectivity index (χ1) is 16.5. The maximum atomic E-state index is 13.0. The number of rotatable bonds is 13. The molecule has 35 heavy (non-hydrogen) atoms. The first kappa shape index (κ1) is 27.3. The van der Waals surface area contributed by atoms with Crippen molar-refractivity contribution >= 4 is 36.0 Å². The SMILES string of the molecule is CC[C@H](C)[C@](C=O)(NCC(=O)N1C(=O)N(C)C[C@H]1C(=O)NCc1nn[nH]n1)NC(=O)CCC(=O)O. The van der Waals surface area contributed by atoms with Crippen molar-refractivity contribution in [3.63, 3.8) is 0 Å². The second-order valence-corrected chi connectivity index (χ2v) is 8.08. The van der Waals surface area contributed by atoms with E-state index in [1.807, 2.05) is 0 Å². The van der Waals surface area contributed by atoms with Gasteiger partial charge in [0.2, 0.25) is 17.7 Å². The van der Waals surface area contributed by atoms with Gasteiger partial charge in [-0.2, -0.15) is 5.21 Å².